The summed E-state index contributed by atoms with van der Waals surface area (Å²) >= 11 is 1.72. The molecular formula is C18H25N5O2S. The third-order valence-corrected chi connectivity index (χ3v) is 5.27. The first-order chi connectivity index (χ1) is 12.7. The van der Waals surface area contributed by atoms with Crippen LogP contribution in [0.4, 0.5) is 10.5 Å². The Labute approximate surface area is 158 Å². The van der Waals surface area contributed by atoms with Gasteiger partial charge in [-0.15, -0.1) is 11.3 Å². The molecule has 1 saturated heterocycles. The van der Waals surface area contributed by atoms with Gasteiger partial charge in [0.15, 0.2) is 0 Å². The van der Waals surface area contributed by atoms with E-state index in [9.17, 15) is 4.79 Å². The highest BCUT2D eigenvalue weighted by Crippen LogP contribution is 2.15. The summed E-state index contributed by atoms with van der Waals surface area (Å²) in [6, 6.07) is 3.48. The van der Waals surface area contributed by atoms with Crippen LogP contribution in [0.5, 0.6) is 5.88 Å². The van der Waals surface area contributed by atoms with Gasteiger partial charge in [-0.3, -0.25) is 4.90 Å². The number of ether oxygens (including phenoxy) is 1. The van der Waals surface area contributed by atoms with E-state index in [1.165, 1.54) is 5.01 Å². The number of hydrogen-bond acceptors (Lipinski definition) is 6. The largest absolute Gasteiger partial charge is 0.478 e. The number of amides is 2. The zero-order valence-corrected chi connectivity index (χ0v) is 16.1. The molecular weight excluding hydrogens is 350 g/mol. The Kier molecular flexibility index (Phi) is 6.40. The van der Waals surface area contributed by atoms with Gasteiger partial charge in [-0.1, -0.05) is 6.92 Å². The summed E-state index contributed by atoms with van der Waals surface area (Å²) in [4.78, 5) is 25.4. The van der Waals surface area contributed by atoms with Crippen molar-refractivity contribution in [2.45, 2.75) is 26.8 Å². The van der Waals surface area contributed by atoms with E-state index in [0.29, 0.717) is 31.3 Å². The van der Waals surface area contributed by atoms with Crippen molar-refractivity contribution in [3.63, 3.8) is 0 Å². The minimum absolute atomic E-state index is 0.0856. The molecule has 0 radical (unpaired) electrons. The molecule has 0 aliphatic carbocycles. The van der Waals surface area contributed by atoms with E-state index in [1.54, 1.807) is 29.7 Å². The Balaban J connectivity index is 1.45. The maximum absolute atomic E-state index is 12.4. The van der Waals surface area contributed by atoms with E-state index in [-0.39, 0.29) is 6.03 Å². The number of hydrogen-bond donors (Lipinski definition) is 1. The van der Waals surface area contributed by atoms with Gasteiger partial charge in [0.1, 0.15) is 0 Å². The Hall–Kier alpha value is -2.19. The second-order valence-corrected chi connectivity index (χ2v) is 7.04. The third kappa shape index (κ3) is 4.92. The van der Waals surface area contributed by atoms with Gasteiger partial charge in [-0.25, -0.2) is 14.8 Å². The molecule has 3 rings (SSSR count). The monoisotopic (exact) mass is 375 g/mol. The second kappa shape index (κ2) is 8.95. The zero-order chi connectivity index (χ0) is 18.4. The van der Waals surface area contributed by atoms with Crippen molar-refractivity contribution in [2.24, 2.45) is 0 Å². The lowest BCUT2D eigenvalue weighted by molar-refractivity contribution is 0.142. The van der Waals surface area contributed by atoms with Crippen LogP contribution in [-0.2, 0) is 13.0 Å². The summed E-state index contributed by atoms with van der Waals surface area (Å²) in [6.07, 6.45) is 2.60. The molecule has 0 atom stereocenters. The third-order valence-electron chi connectivity index (χ3n) is 4.23. The molecule has 140 valence electrons. The molecule has 0 bridgehead atoms. The second-order valence-electron chi connectivity index (χ2n) is 6.10. The molecule has 0 spiro atoms. The molecule has 0 aromatic carbocycles. The lowest BCUT2D eigenvalue weighted by Gasteiger charge is -2.34. The number of rotatable bonds is 6. The first-order valence-electron chi connectivity index (χ1n) is 8.98. The maximum atomic E-state index is 12.4. The van der Waals surface area contributed by atoms with Crippen LogP contribution in [0.2, 0.25) is 0 Å². The first-order valence-corrected chi connectivity index (χ1v) is 9.86. The van der Waals surface area contributed by atoms with Gasteiger partial charge in [0.2, 0.25) is 5.88 Å². The van der Waals surface area contributed by atoms with Crippen molar-refractivity contribution < 1.29 is 9.53 Å². The Bertz CT molecular complexity index is 711. The Morgan fingerprint density at radius 3 is 2.69 bits per heavy atom. The molecule has 1 fully saturated rings. The van der Waals surface area contributed by atoms with Crippen LogP contribution in [0.25, 0.3) is 0 Å². The number of aromatic nitrogens is 2. The molecule has 2 aromatic rings. The molecule has 8 heteroatoms. The van der Waals surface area contributed by atoms with Crippen LogP contribution in [0.3, 0.4) is 0 Å². The van der Waals surface area contributed by atoms with Gasteiger partial charge >= 0.3 is 6.03 Å². The van der Waals surface area contributed by atoms with E-state index in [4.69, 9.17) is 4.74 Å². The van der Waals surface area contributed by atoms with Crippen molar-refractivity contribution in [2.75, 3.05) is 38.1 Å². The number of carbonyl (C=O) groups is 1. The summed E-state index contributed by atoms with van der Waals surface area (Å²) in [5, 5.41) is 6.21. The summed E-state index contributed by atoms with van der Waals surface area (Å²) in [5.74, 6) is 0.562. The number of carbonyl (C=O) groups excluding carboxylic acids is 1. The zero-order valence-electron chi connectivity index (χ0n) is 15.3. The fourth-order valence-corrected chi connectivity index (χ4v) is 3.55. The lowest BCUT2D eigenvalue weighted by Crippen LogP contribution is -2.49. The number of thiazole rings is 1. The quantitative estimate of drug-likeness (QED) is 0.841. The molecule has 2 aromatic heterocycles. The van der Waals surface area contributed by atoms with E-state index in [0.717, 1.165) is 31.7 Å². The SMILES string of the molecule is CCOc1ccc(NC(=O)N2CCN(Cc3csc(CC)n3)CC2)cn1. The highest BCUT2D eigenvalue weighted by atomic mass is 32.1. The first kappa shape index (κ1) is 18.6. The molecule has 26 heavy (non-hydrogen) atoms. The van der Waals surface area contributed by atoms with Gasteiger partial charge in [-0.2, -0.15) is 0 Å². The minimum atomic E-state index is -0.0856. The number of nitrogens with one attached hydrogen (secondary N) is 1. The molecule has 0 saturated carbocycles. The summed E-state index contributed by atoms with van der Waals surface area (Å²) < 4.78 is 5.31. The highest BCUT2D eigenvalue weighted by molar-refractivity contribution is 7.09. The molecule has 3 heterocycles. The molecule has 1 N–H and O–H groups in total. The number of urea groups is 1. The predicted octanol–water partition coefficient (Wildman–Crippen LogP) is 2.85. The maximum Gasteiger partial charge on any atom is 0.321 e. The average molecular weight is 375 g/mol. The van der Waals surface area contributed by atoms with Crippen LogP contribution < -0.4 is 10.1 Å². The molecule has 0 unspecified atom stereocenters. The van der Waals surface area contributed by atoms with E-state index in [2.05, 4.69) is 32.5 Å². The van der Waals surface area contributed by atoms with Crippen molar-refractivity contribution in [1.82, 2.24) is 19.8 Å². The van der Waals surface area contributed by atoms with Gasteiger partial charge in [0, 0.05) is 44.2 Å². The number of aryl methyl sites for hydroxylation is 1. The molecule has 1 aliphatic rings. The summed E-state index contributed by atoms with van der Waals surface area (Å²) in [5.41, 5.74) is 1.81. The van der Waals surface area contributed by atoms with Gasteiger partial charge in [-0.05, 0) is 19.4 Å². The van der Waals surface area contributed by atoms with Crippen molar-refractivity contribution in [3.8, 4) is 5.88 Å². The smallest absolute Gasteiger partial charge is 0.321 e. The van der Waals surface area contributed by atoms with Crippen LogP contribution in [0, 0.1) is 0 Å². The molecule has 2 amide bonds. The number of anilines is 1. The Morgan fingerprint density at radius 1 is 1.27 bits per heavy atom. The highest BCUT2D eigenvalue weighted by Gasteiger charge is 2.21. The Morgan fingerprint density at radius 2 is 2.08 bits per heavy atom. The van der Waals surface area contributed by atoms with Gasteiger partial charge in [0.25, 0.3) is 0 Å². The summed E-state index contributed by atoms with van der Waals surface area (Å²) in [7, 11) is 0. The normalized spacial score (nSPS) is 15.1. The van der Waals surface area contributed by atoms with Gasteiger partial charge in [0.05, 0.1) is 29.2 Å². The number of pyridine rings is 1. The minimum Gasteiger partial charge on any atom is -0.478 e. The number of nitrogens with zero attached hydrogens (tertiary/aromatic N) is 4. The molecule has 1 aliphatic heterocycles. The predicted molar refractivity (Wildman–Crippen MR) is 103 cm³/mol. The van der Waals surface area contributed by atoms with E-state index >= 15 is 0 Å². The lowest BCUT2D eigenvalue weighted by atomic mass is 10.3. The van der Waals surface area contributed by atoms with Gasteiger partial charge < -0.3 is 15.0 Å². The van der Waals surface area contributed by atoms with Crippen LogP contribution in [0.15, 0.2) is 23.7 Å². The average Bonchev–Trinajstić information content (AvgIpc) is 3.12. The van der Waals surface area contributed by atoms with Crippen molar-refractivity contribution in [3.05, 3.63) is 34.4 Å². The van der Waals surface area contributed by atoms with Crippen LogP contribution in [-0.4, -0.2) is 58.6 Å². The fraction of sp³-hybridized carbons (Fsp3) is 0.500. The van der Waals surface area contributed by atoms with Crippen LogP contribution in [0.1, 0.15) is 24.5 Å². The fourth-order valence-electron chi connectivity index (χ4n) is 2.81. The number of piperazine rings is 1. The van der Waals surface area contributed by atoms with Crippen molar-refractivity contribution in [1.29, 1.82) is 0 Å². The van der Waals surface area contributed by atoms with Crippen molar-refractivity contribution >= 4 is 23.1 Å². The summed E-state index contributed by atoms with van der Waals surface area (Å²) in [6.45, 7) is 8.59. The van der Waals surface area contributed by atoms with E-state index in [1.807, 2.05) is 11.8 Å². The van der Waals surface area contributed by atoms with Crippen LogP contribution >= 0.6 is 11.3 Å². The molecule has 7 nitrogen and oxygen atoms in total. The van der Waals surface area contributed by atoms with E-state index < -0.39 is 0 Å². The standard InChI is InChI=1S/C18H25N5O2S/c1-3-17-20-15(13-26-17)12-22-7-9-23(10-8-22)18(24)21-14-5-6-16(19-11-14)25-4-2/h5-6,11,13H,3-4,7-10,12H2,1-2H3,(H,21,24). The topological polar surface area (TPSA) is 70.6 Å².